The van der Waals surface area contributed by atoms with Crippen molar-refractivity contribution in [1.82, 2.24) is 4.98 Å². The van der Waals surface area contributed by atoms with Gasteiger partial charge < -0.3 is 10.0 Å². The molecule has 0 aliphatic carbocycles. The van der Waals surface area contributed by atoms with Crippen LogP contribution >= 0.6 is 0 Å². The number of aromatic nitrogens is 1. The Balaban J connectivity index is 3.46. The molecule has 3 nitrogen and oxygen atoms in total. The molecule has 0 aliphatic heterocycles. The third kappa shape index (κ3) is 1.84. The Morgan fingerprint density at radius 2 is 2.58 bits per heavy atom. The molecule has 0 unspecified atom stereocenters. The van der Waals surface area contributed by atoms with Crippen LogP contribution in [0.25, 0.3) is 0 Å². The zero-order chi connectivity index (χ0) is 15.9. The molecule has 0 amide bonds. The van der Waals surface area contributed by atoms with Crippen LogP contribution in [0.5, 0.6) is 0 Å². The molecule has 1 heterocycles. The maximum absolute atomic E-state index is 9.18. The Morgan fingerprint density at radius 3 is 3.17 bits per heavy atom. The first-order valence-electron chi connectivity index (χ1n) is 7.15. The van der Waals surface area contributed by atoms with E-state index >= 15 is 0 Å². The van der Waals surface area contributed by atoms with E-state index in [4.69, 9.17) is 11.0 Å². The molecule has 0 bridgehead atoms. The van der Waals surface area contributed by atoms with Crippen LogP contribution in [0.4, 0.5) is 0 Å². The van der Waals surface area contributed by atoms with Crippen molar-refractivity contribution in [3.63, 3.8) is 0 Å². The van der Waals surface area contributed by atoms with E-state index in [0.717, 1.165) is 12.3 Å². The number of rotatable bonds is 2. The first-order valence-corrected chi connectivity index (χ1v) is 3.15. The summed E-state index contributed by atoms with van der Waals surface area (Å²) in [5.74, 6) is 0. The van der Waals surface area contributed by atoms with Gasteiger partial charge in [-0.25, -0.2) is 0 Å². The van der Waals surface area contributed by atoms with Crippen LogP contribution in [-0.4, -0.2) is 22.2 Å². The molecule has 1 aromatic rings. The van der Waals surface area contributed by atoms with Crippen LogP contribution in [0.2, 0.25) is 0 Å². The second-order valence-electron chi connectivity index (χ2n) is 2.16. The van der Waals surface area contributed by atoms with Crippen molar-refractivity contribution in [3.05, 3.63) is 23.5 Å². The van der Waals surface area contributed by atoms with Crippen LogP contribution in [0.15, 0.2) is 12.3 Å². The Kier molecular flexibility index (Phi) is 0.961. The van der Waals surface area contributed by atoms with Gasteiger partial charge in [0.1, 0.15) is 0 Å². The largest absolute Gasteiger partial charge is 0.488 e. The highest BCUT2D eigenvalue weighted by molar-refractivity contribution is 6.59. The average molecular weight is 173 g/mol. The fraction of sp³-hybridized carbons (Fsp3) is 0.375. The molecule has 0 fully saturated rings. The summed E-state index contributed by atoms with van der Waals surface area (Å²) in [6.07, 6.45) is -2.11. The van der Waals surface area contributed by atoms with Crippen molar-refractivity contribution in [2.45, 2.75) is 20.1 Å². The fourth-order valence-electron chi connectivity index (χ4n) is 0.753. The summed E-state index contributed by atoms with van der Waals surface area (Å²) in [6, 6.07) is 0.749. The number of hydrogen-bond donors (Lipinski definition) is 2. The summed E-state index contributed by atoms with van der Waals surface area (Å²) in [5.41, 5.74) is -1.56. The molecule has 0 saturated carbocycles. The third-order valence-corrected chi connectivity index (χ3v) is 1.34. The predicted octanol–water partition coefficient (Wildman–Crippen LogP) is -0.368. The van der Waals surface area contributed by atoms with E-state index in [1.807, 2.05) is 0 Å². The average Bonchev–Trinajstić information content (AvgIpc) is 2.25. The topological polar surface area (TPSA) is 53.4 Å². The highest BCUT2D eigenvalue weighted by atomic mass is 16.4. The summed E-state index contributed by atoms with van der Waals surface area (Å²) < 4.78 is 58.0. The van der Waals surface area contributed by atoms with Crippen LogP contribution in [0.1, 0.15) is 29.1 Å². The van der Waals surface area contributed by atoms with Crippen LogP contribution in [0.3, 0.4) is 0 Å². The van der Waals surface area contributed by atoms with E-state index in [1.54, 1.807) is 0 Å². The van der Waals surface area contributed by atoms with Crippen molar-refractivity contribution in [3.8, 4) is 0 Å². The summed E-state index contributed by atoms with van der Waals surface area (Å²) in [5, 5.41) is 18.4. The molecule has 0 aliphatic rings. The Morgan fingerprint density at radius 1 is 1.75 bits per heavy atom. The van der Waals surface area contributed by atoms with Gasteiger partial charge in [-0.3, -0.25) is 4.98 Å². The molecule has 1 aromatic heterocycles. The first kappa shape index (κ1) is 3.12. The maximum Gasteiger partial charge on any atom is 0.488 e. The first-order chi connectivity index (χ1) is 8.78. The lowest BCUT2D eigenvalue weighted by molar-refractivity contribution is 0.425. The maximum atomic E-state index is 9.18. The molecule has 2 N–H and O–H groups in total. The van der Waals surface area contributed by atoms with Crippen LogP contribution < -0.4 is 5.46 Å². The molecule has 0 atom stereocenters. The monoisotopic (exact) mass is 173 g/mol. The van der Waals surface area contributed by atoms with Gasteiger partial charge in [-0.1, -0.05) is 6.85 Å². The van der Waals surface area contributed by atoms with Crippen LogP contribution in [-0.2, 0) is 6.37 Å². The Hall–Kier alpha value is -0.865. The summed E-state index contributed by atoms with van der Waals surface area (Å²) in [6.45, 7) is -5.71. The highest BCUT2D eigenvalue weighted by Gasteiger charge is 2.14. The smallest absolute Gasteiger partial charge is 0.423 e. The standard InChI is InChI=1S/C8H12BNO2/c1-3-7-4-8(9(11)12)6(2)5-10-7/h4-5,11-12H,3H2,1-2H3/i1D3,2D3,3D2. The van der Waals surface area contributed by atoms with E-state index in [2.05, 4.69) is 4.98 Å². The molecule has 12 heavy (non-hydrogen) atoms. The van der Waals surface area contributed by atoms with Crippen molar-refractivity contribution < 1.29 is 21.0 Å². The second kappa shape index (κ2) is 3.69. The van der Waals surface area contributed by atoms with Gasteiger partial charge in [0, 0.05) is 22.9 Å². The van der Waals surface area contributed by atoms with E-state index < -0.39 is 43.9 Å². The van der Waals surface area contributed by atoms with Gasteiger partial charge in [0.15, 0.2) is 0 Å². The van der Waals surface area contributed by atoms with E-state index in [-0.39, 0.29) is 0 Å². The lowest BCUT2D eigenvalue weighted by Crippen LogP contribution is -2.32. The van der Waals surface area contributed by atoms with Crippen molar-refractivity contribution >= 4 is 12.6 Å². The number of aryl methyl sites for hydroxylation is 2. The molecule has 0 aromatic carbocycles. The van der Waals surface area contributed by atoms with E-state index in [0.29, 0.717) is 0 Å². The minimum Gasteiger partial charge on any atom is -0.423 e. The van der Waals surface area contributed by atoms with Crippen molar-refractivity contribution in [2.24, 2.45) is 0 Å². The summed E-state index contributed by atoms with van der Waals surface area (Å²) in [7, 11) is -2.18. The Labute approximate surface area is 83.5 Å². The zero-order valence-corrected chi connectivity index (χ0v) is 6.07. The lowest BCUT2D eigenvalue weighted by atomic mass is 9.77. The summed E-state index contributed by atoms with van der Waals surface area (Å²) >= 11 is 0. The number of nitrogens with zero attached hydrogens (tertiary/aromatic N) is 1. The molecular weight excluding hydrogens is 153 g/mol. The normalized spacial score (nSPS) is 23.2. The third-order valence-electron chi connectivity index (χ3n) is 1.34. The van der Waals surface area contributed by atoms with E-state index in [1.165, 1.54) is 0 Å². The SMILES string of the molecule is [2H]C([2H])([2H])c1cnc(C([2H])([2H])C([2H])([2H])[2H])cc1B(O)O. The summed E-state index contributed by atoms with van der Waals surface area (Å²) in [4.78, 5) is 3.51. The van der Waals surface area contributed by atoms with Gasteiger partial charge in [0.2, 0.25) is 0 Å². The van der Waals surface area contributed by atoms with Crippen LogP contribution in [0, 0.1) is 6.85 Å². The van der Waals surface area contributed by atoms with Gasteiger partial charge in [0.25, 0.3) is 0 Å². The molecule has 1 rings (SSSR count). The lowest BCUT2D eigenvalue weighted by Gasteiger charge is -2.05. The van der Waals surface area contributed by atoms with Gasteiger partial charge in [-0.05, 0) is 30.3 Å². The number of pyridine rings is 1. The molecule has 4 heteroatoms. The minimum atomic E-state index is -3.03. The van der Waals surface area contributed by atoms with E-state index in [9.17, 15) is 10.0 Å². The van der Waals surface area contributed by atoms with Gasteiger partial charge in [-0.2, -0.15) is 0 Å². The second-order valence-corrected chi connectivity index (χ2v) is 2.16. The minimum absolute atomic E-state index is 0.474. The highest BCUT2D eigenvalue weighted by Crippen LogP contribution is 1.97. The van der Waals surface area contributed by atoms with Gasteiger partial charge >= 0.3 is 7.12 Å². The Bertz CT molecular complexity index is 498. The molecule has 0 radical (unpaired) electrons. The quantitative estimate of drug-likeness (QED) is 0.600. The fourth-order valence-corrected chi connectivity index (χ4v) is 0.753. The van der Waals surface area contributed by atoms with Gasteiger partial charge in [-0.15, -0.1) is 0 Å². The predicted molar refractivity (Wildman–Crippen MR) is 48.2 cm³/mol. The zero-order valence-electron chi connectivity index (χ0n) is 14.1. The molecule has 0 spiro atoms. The van der Waals surface area contributed by atoms with Crippen molar-refractivity contribution in [2.75, 3.05) is 0 Å². The number of hydrogen-bond acceptors (Lipinski definition) is 3. The van der Waals surface area contributed by atoms with Crippen molar-refractivity contribution in [1.29, 1.82) is 0 Å². The molecule has 64 valence electrons. The molecule has 0 saturated heterocycles. The van der Waals surface area contributed by atoms with Gasteiger partial charge in [0.05, 0.1) is 0 Å². The molecular formula is C8H12BNO2.